The molecule has 1 unspecified atom stereocenters. The van der Waals surface area contributed by atoms with E-state index in [1.54, 1.807) is 12.1 Å². The van der Waals surface area contributed by atoms with Gasteiger partial charge in [0.1, 0.15) is 5.82 Å². The van der Waals surface area contributed by atoms with Crippen molar-refractivity contribution in [2.75, 3.05) is 18.9 Å². The van der Waals surface area contributed by atoms with Crippen molar-refractivity contribution in [2.24, 2.45) is 5.73 Å². The first kappa shape index (κ1) is 15.9. The van der Waals surface area contributed by atoms with Gasteiger partial charge in [0.2, 0.25) is 0 Å². The molecule has 0 bridgehead atoms. The van der Waals surface area contributed by atoms with E-state index in [4.69, 9.17) is 5.73 Å². The number of primary amides is 1. The van der Waals surface area contributed by atoms with Crippen LogP contribution in [0.15, 0.2) is 42.5 Å². The zero-order valence-electron chi connectivity index (χ0n) is 12.9. The predicted molar refractivity (Wildman–Crippen MR) is 86.4 cm³/mol. The zero-order chi connectivity index (χ0) is 15.9. The van der Waals surface area contributed by atoms with Crippen LogP contribution in [-0.2, 0) is 6.54 Å². The lowest BCUT2D eigenvalue weighted by Gasteiger charge is -2.22. The highest BCUT2D eigenvalue weighted by Gasteiger charge is 2.09. The Morgan fingerprint density at radius 3 is 2.55 bits per heavy atom. The molecule has 2 rings (SSSR count). The molecule has 2 aromatic rings. The van der Waals surface area contributed by atoms with Crippen molar-refractivity contribution in [2.45, 2.75) is 19.5 Å². The van der Waals surface area contributed by atoms with Crippen LogP contribution < -0.4 is 11.1 Å². The van der Waals surface area contributed by atoms with E-state index in [0.29, 0.717) is 5.82 Å². The molecule has 116 valence electrons. The maximum atomic E-state index is 10.9. The van der Waals surface area contributed by atoms with Crippen molar-refractivity contribution >= 4 is 11.7 Å². The third kappa shape index (κ3) is 4.82. The molecule has 3 N–H and O–H groups in total. The highest BCUT2D eigenvalue weighted by Crippen LogP contribution is 2.07. The number of likely N-dealkylation sites (N-methyl/N-ethyl adjacent to an activating group) is 1. The summed E-state index contributed by atoms with van der Waals surface area (Å²) in [6, 6.07) is 13.8. The van der Waals surface area contributed by atoms with E-state index in [1.165, 1.54) is 5.56 Å². The van der Waals surface area contributed by atoms with Gasteiger partial charge in [-0.3, -0.25) is 4.79 Å². The van der Waals surface area contributed by atoms with E-state index in [1.807, 2.05) is 18.2 Å². The normalized spacial score (nSPS) is 12.1. The number of amides is 1. The van der Waals surface area contributed by atoms with Crippen molar-refractivity contribution < 1.29 is 4.79 Å². The molecule has 6 nitrogen and oxygen atoms in total. The summed E-state index contributed by atoms with van der Waals surface area (Å²) >= 11 is 0. The van der Waals surface area contributed by atoms with Gasteiger partial charge in [-0.05, 0) is 31.7 Å². The van der Waals surface area contributed by atoms with Crippen LogP contribution in [0.1, 0.15) is 23.0 Å². The monoisotopic (exact) mass is 299 g/mol. The minimum atomic E-state index is -0.574. The van der Waals surface area contributed by atoms with Gasteiger partial charge < -0.3 is 16.0 Å². The van der Waals surface area contributed by atoms with Crippen LogP contribution in [0.4, 0.5) is 5.82 Å². The van der Waals surface area contributed by atoms with Crippen molar-refractivity contribution in [1.82, 2.24) is 15.1 Å². The van der Waals surface area contributed by atoms with Gasteiger partial charge in [0, 0.05) is 19.1 Å². The molecule has 0 radical (unpaired) electrons. The number of benzene rings is 1. The largest absolute Gasteiger partial charge is 0.365 e. The third-order valence-electron chi connectivity index (χ3n) is 3.19. The van der Waals surface area contributed by atoms with Gasteiger partial charge in [-0.25, -0.2) is 0 Å². The molecule has 6 heteroatoms. The molecule has 22 heavy (non-hydrogen) atoms. The Morgan fingerprint density at radius 1 is 1.23 bits per heavy atom. The van der Waals surface area contributed by atoms with Gasteiger partial charge in [-0.15, -0.1) is 10.2 Å². The number of hydrogen-bond acceptors (Lipinski definition) is 5. The summed E-state index contributed by atoms with van der Waals surface area (Å²) in [5.41, 5.74) is 6.58. The molecule has 0 saturated heterocycles. The summed E-state index contributed by atoms with van der Waals surface area (Å²) in [6.07, 6.45) is 0. The fourth-order valence-corrected chi connectivity index (χ4v) is 2.27. The summed E-state index contributed by atoms with van der Waals surface area (Å²) < 4.78 is 0. The number of carbonyl (C=O) groups is 1. The summed E-state index contributed by atoms with van der Waals surface area (Å²) in [5.74, 6) is 0.0558. The highest BCUT2D eigenvalue weighted by atomic mass is 16.1. The molecule has 0 aliphatic heterocycles. The van der Waals surface area contributed by atoms with Crippen LogP contribution in [0.2, 0.25) is 0 Å². The first-order valence-electron chi connectivity index (χ1n) is 7.17. The molecule has 0 aliphatic rings. The lowest BCUT2D eigenvalue weighted by Crippen LogP contribution is -2.32. The van der Waals surface area contributed by atoms with Crippen molar-refractivity contribution in [3.8, 4) is 0 Å². The Kier molecular flexibility index (Phi) is 5.43. The summed E-state index contributed by atoms with van der Waals surface area (Å²) in [6.45, 7) is 3.82. The molecule has 1 amide bonds. The van der Waals surface area contributed by atoms with Crippen molar-refractivity contribution in [3.63, 3.8) is 0 Å². The number of nitrogens with two attached hydrogens (primary N) is 1. The lowest BCUT2D eigenvalue weighted by molar-refractivity contribution is 0.0994. The van der Waals surface area contributed by atoms with Crippen molar-refractivity contribution in [3.05, 3.63) is 53.7 Å². The number of nitrogens with one attached hydrogen (secondary N) is 1. The zero-order valence-corrected chi connectivity index (χ0v) is 12.9. The van der Waals surface area contributed by atoms with Crippen LogP contribution in [-0.4, -0.2) is 40.6 Å². The fraction of sp³-hybridized carbons (Fsp3) is 0.312. The van der Waals surface area contributed by atoms with E-state index in [-0.39, 0.29) is 11.7 Å². The smallest absolute Gasteiger partial charge is 0.269 e. The van der Waals surface area contributed by atoms with Gasteiger partial charge in [0.25, 0.3) is 5.91 Å². The van der Waals surface area contributed by atoms with Crippen molar-refractivity contribution in [1.29, 1.82) is 0 Å². The Labute approximate surface area is 130 Å². The Hall–Kier alpha value is -2.47. The van der Waals surface area contributed by atoms with Crippen LogP contribution in [0.3, 0.4) is 0 Å². The first-order valence-corrected chi connectivity index (χ1v) is 7.17. The molecule has 0 aliphatic carbocycles. The Balaban J connectivity index is 1.84. The Morgan fingerprint density at radius 2 is 1.95 bits per heavy atom. The van der Waals surface area contributed by atoms with Gasteiger partial charge in [-0.2, -0.15) is 0 Å². The van der Waals surface area contributed by atoms with E-state index in [9.17, 15) is 4.79 Å². The van der Waals surface area contributed by atoms with Crippen LogP contribution in [0.25, 0.3) is 0 Å². The molecule has 1 aromatic heterocycles. The average Bonchev–Trinajstić information content (AvgIpc) is 2.48. The standard InChI is InChI=1S/C16H21N5O/c1-12(10-21(2)11-13-6-4-3-5-7-13)18-15-9-8-14(16(17)22)19-20-15/h3-9,12H,10-11H2,1-2H3,(H2,17,22)(H,18,20). The van der Waals surface area contributed by atoms with Gasteiger partial charge in [-0.1, -0.05) is 30.3 Å². The van der Waals surface area contributed by atoms with E-state index in [2.05, 4.69) is 46.5 Å². The molecule has 1 aromatic carbocycles. The van der Waals surface area contributed by atoms with Gasteiger partial charge in [0.15, 0.2) is 5.69 Å². The van der Waals surface area contributed by atoms with E-state index >= 15 is 0 Å². The van der Waals surface area contributed by atoms with Gasteiger partial charge >= 0.3 is 0 Å². The first-order chi connectivity index (χ1) is 10.5. The quantitative estimate of drug-likeness (QED) is 0.809. The topological polar surface area (TPSA) is 84.1 Å². The second kappa shape index (κ2) is 7.51. The molecule has 1 heterocycles. The molecule has 0 fully saturated rings. The van der Waals surface area contributed by atoms with E-state index < -0.39 is 5.91 Å². The second-order valence-corrected chi connectivity index (χ2v) is 5.40. The predicted octanol–water partition coefficient (Wildman–Crippen LogP) is 1.51. The Bertz CT molecular complexity index is 600. The minimum absolute atomic E-state index is 0.166. The van der Waals surface area contributed by atoms with E-state index in [0.717, 1.165) is 13.1 Å². The number of aromatic nitrogens is 2. The second-order valence-electron chi connectivity index (χ2n) is 5.40. The highest BCUT2D eigenvalue weighted by molar-refractivity contribution is 5.90. The summed E-state index contributed by atoms with van der Waals surface area (Å²) in [7, 11) is 2.08. The number of rotatable bonds is 7. The third-order valence-corrected chi connectivity index (χ3v) is 3.19. The fourth-order valence-electron chi connectivity index (χ4n) is 2.27. The number of carbonyl (C=O) groups excluding carboxylic acids is 1. The number of anilines is 1. The molecular weight excluding hydrogens is 278 g/mol. The lowest BCUT2D eigenvalue weighted by atomic mass is 10.2. The molecule has 1 atom stereocenters. The minimum Gasteiger partial charge on any atom is -0.365 e. The number of nitrogens with zero attached hydrogens (tertiary/aromatic N) is 3. The average molecular weight is 299 g/mol. The van der Waals surface area contributed by atoms with Crippen LogP contribution >= 0.6 is 0 Å². The molecular formula is C16H21N5O. The van der Waals surface area contributed by atoms with Gasteiger partial charge in [0.05, 0.1) is 0 Å². The summed E-state index contributed by atoms with van der Waals surface area (Å²) in [5, 5.41) is 11.0. The molecule has 0 saturated carbocycles. The van der Waals surface area contributed by atoms with Crippen LogP contribution in [0.5, 0.6) is 0 Å². The maximum absolute atomic E-state index is 10.9. The molecule has 0 spiro atoms. The number of hydrogen-bond donors (Lipinski definition) is 2. The maximum Gasteiger partial charge on any atom is 0.269 e. The summed E-state index contributed by atoms with van der Waals surface area (Å²) in [4.78, 5) is 13.2. The van der Waals surface area contributed by atoms with Crippen LogP contribution in [0, 0.1) is 0 Å². The SMILES string of the molecule is CC(CN(C)Cc1ccccc1)Nc1ccc(C(N)=O)nn1.